The minimum absolute atomic E-state index is 0.0561. The lowest BCUT2D eigenvalue weighted by atomic mass is 9.78. The van der Waals surface area contributed by atoms with Crippen LogP contribution in [0.2, 0.25) is 0 Å². The van der Waals surface area contributed by atoms with Crippen LogP contribution in [0, 0.1) is 5.92 Å². The van der Waals surface area contributed by atoms with Gasteiger partial charge >= 0.3 is 0 Å². The van der Waals surface area contributed by atoms with Gasteiger partial charge in [-0.3, -0.25) is 9.69 Å². The second kappa shape index (κ2) is 9.29. The van der Waals surface area contributed by atoms with E-state index in [9.17, 15) is 4.79 Å². The zero-order valence-electron chi connectivity index (χ0n) is 17.2. The first-order valence-corrected chi connectivity index (χ1v) is 11.4. The van der Waals surface area contributed by atoms with Gasteiger partial charge in [0, 0.05) is 30.5 Å². The lowest BCUT2D eigenvalue weighted by Crippen LogP contribution is -2.47. The number of benzene rings is 1. The molecule has 1 saturated carbocycles. The number of Topliss-reactive ketones (excluding diaryl/α,β-unsaturated/α-hetero) is 1. The number of hydrogen-bond acceptors (Lipinski definition) is 5. The molecule has 6 heteroatoms. The van der Waals surface area contributed by atoms with E-state index in [4.69, 9.17) is 14.2 Å². The van der Waals surface area contributed by atoms with E-state index in [0.29, 0.717) is 5.57 Å². The quantitative estimate of drug-likeness (QED) is 0.658. The summed E-state index contributed by atoms with van der Waals surface area (Å²) < 4.78 is 19.0. The van der Waals surface area contributed by atoms with Crippen molar-refractivity contribution in [2.24, 2.45) is 5.92 Å². The van der Waals surface area contributed by atoms with Gasteiger partial charge in [-0.25, -0.2) is 0 Å². The first-order valence-electron chi connectivity index (χ1n) is 10.6. The number of fused-ring (bicyclic) bond motifs is 1. The van der Waals surface area contributed by atoms with Crippen LogP contribution < -0.4 is 0 Å². The van der Waals surface area contributed by atoms with Crippen LogP contribution in [-0.4, -0.2) is 61.3 Å². The number of morpholine rings is 1. The zero-order valence-corrected chi connectivity index (χ0v) is 18.8. The van der Waals surface area contributed by atoms with Crippen molar-refractivity contribution in [1.82, 2.24) is 4.90 Å². The average Bonchev–Trinajstić information content (AvgIpc) is 2.68. The summed E-state index contributed by atoms with van der Waals surface area (Å²) in [7, 11) is 0. The van der Waals surface area contributed by atoms with Gasteiger partial charge < -0.3 is 14.2 Å². The van der Waals surface area contributed by atoms with E-state index in [-0.39, 0.29) is 36.1 Å². The molecule has 5 atom stereocenters. The molecule has 5 nitrogen and oxygen atoms in total. The Bertz CT molecular complexity index is 740. The number of allylic oxidation sites excluding steroid dienone is 1. The molecule has 3 aliphatic rings. The zero-order chi connectivity index (χ0) is 20.4. The third kappa shape index (κ3) is 5.10. The first-order chi connectivity index (χ1) is 14.0. The van der Waals surface area contributed by atoms with E-state index in [1.165, 1.54) is 0 Å². The van der Waals surface area contributed by atoms with Crippen molar-refractivity contribution in [1.29, 1.82) is 0 Å². The molecule has 1 aromatic rings. The highest BCUT2D eigenvalue weighted by molar-refractivity contribution is 9.10. The summed E-state index contributed by atoms with van der Waals surface area (Å²) in [5.74, 6) is 0.151. The summed E-state index contributed by atoms with van der Waals surface area (Å²) in [4.78, 5) is 15.4. The number of ketones is 1. The second-order valence-electron chi connectivity index (χ2n) is 8.51. The van der Waals surface area contributed by atoms with Crippen LogP contribution in [0.25, 0.3) is 5.57 Å². The molecular formula is C23H30BrNO4. The van der Waals surface area contributed by atoms with Gasteiger partial charge in [-0.1, -0.05) is 28.1 Å². The molecule has 0 amide bonds. The molecule has 1 aromatic carbocycles. The Hall–Kier alpha value is -1.21. The summed E-state index contributed by atoms with van der Waals surface area (Å²) in [6, 6.07) is 7.83. The Labute approximate surface area is 181 Å². The number of ether oxygens (including phenoxy) is 3. The fourth-order valence-electron chi connectivity index (χ4n) is 4.76. The van der Waals surface area contributed by atoms with Crippen molar-refractivity contribution < 1.29 is 19.0 Å². The summed E-state index contributed by atoms with van der Waals surface area (Å²) in [6.45, 7) is 7.82. The van der Waals surface area contributed by atoms with Crippen molar-refractivity contribution in [3.8, 4) is 0 Å². The molecule has 0 radical (unpaired) electrons. The van der Waals surface area contributed by atoms with Crippen molar-refractivity contribution in [2.75, 3.05) is 26.2 Å². The van der Waals surface area contributed by atoms with Crippen molar-refractivity contribution in [3.05, 3.63) is 40.6 Å². The van der Waals surface area contributed by atoms with Crippen LogP contribution >= 0.6 is 15.9 Å². The maximum Gasteiger partial charge on any atom is 0.173 e. The lowest BCUT2D eigenvalue weighted by molar-refractivity contribution is -0.128. The predicted octanol–water partition coefficient (Wildman–Crippen LogP) is 4.05. The Morgan fingerprint density at radius 2 is 1.86 bits per heavy atom. The van der Waals surface area contributed by atoms with Crippen LogP contribution in [0.1, 0.15) is 38.7 Å². The largest absolute Gasteiger partial charge is 0.496 e. The summed E-state index contributed by atoms with van der Waals surface area (Å²) in [5, 5.41) is 0. The van der Waals surface area contributed by atoms with E-state index in [1.807, 2.05) is 24.3 Å². The van der Waals surface area contributed by atoms with E-state index in [2.05, 4.69) is 34.7 Å². The van der Waals surface area contributed by atoms with Gasteiger partial charge in [-0.05, 0) is 44.4 Å². The van der Waals surface area contributed by atoms with Crippen LogP contribution in [0.15, 0.2) is 35.0 Å². The topological polar surface area (TPSA) is 48.0 Å². The maximum absolute atomic E-state index is 13.0. The van der Waals surface area contributed by atoms with E-state index < -0.39 is 0 Å². The lowest BCUT2D eigenvalue weighted by Gasteiger charge is -2.38. The maximum atomic E-state index is 13.0. The molecule has 0 N–H and O–H groups in total. The molecule has 4 rings (SSSR count). The van der Waals surface area contributed by atoms with Gasteiger partial charge in [-0.15, -0.1) is 0 Å². The number of halogens is 1. The summed E-state index contributed by atoms with van der Waals surface area (Å²) >= 11 is 3.44. The van der Waals surface area contributed by atoms with Crippen molar-refractivity contribution >= 4 is 27.3 Å². The molecule has 0 aromatic heterocycles. The second-order valence-corrected chi connectivity index (χ2v) is 9.42. The SMILES string of the molecule is CC1CN(CCOC2CCC3C(=O)C(c4ccc(Br)cc4)=COC3C2)CC(C)O1. The van der Waals surface area contributed by atoms with Crippen LogP contribution in [-0.2, 0) is 19.0 Å². The molecule has 0 spiro atoms. The Morgan fingerprint density at radius 1 is 1.14 bits per heavy atom. The molecule has 158 valence electrons. The van der Waals surface area contributed by atoms with Gasteiger partial charge in [0.1, 0.15) is 6.10 Å². The fraction of sp³-hybridized carbons (Fsp3) is 0.609. The number of hydrogen-bond donors (Lipinski definition) is 0. The van der Waals surface area contributed by atoms with E-state index in [0.717, 1.165) is 55.5 Å². The van der Waals surface area contributed by atoms with Gasteiger partial charge in [0.2, 0.25) is 0 Å². The third-order valence-electron chi connectivity index (χ3n) is 6.12. The molecule has 2 fully saturated rings. The third-order valence-corrected chi connectivity index (χ3v) is 6.65. The van der Waals surface area contributed by atoms with E-state index >= 15 is 0 Å². The average molecular weight is 464 g/mol. The molecule has 29 heavy (non-hydrogen) atoms. The van der Waals surface area contributed by atoms with Gasteiger partial charge in [0.25, 0.3) is 0 Å². The molecule has 2 heterocycles. The number of nitrogens with zero attached hydrogens (tertiary/aromatic N) is 1. The number of carbonyl (C=O) groups is 1. The number of carbonyl (C=O) groups excluding carboxylic acids is 1. The van der Waals surface area contributed by atoms with Crippen LogP contribution in [0.3, 0.4) is 0 Å². The van der Waals surface area contributed by atoms with Crippen molar-refractivity contribution in [2.45, 2.75) is 57.5 Å². The van der Waals surface area contributed by atoms with Gasteiger partial charge in [0.05, 0.1) is 42.7 Å². The minimum Gasteiger partial charge on any atom is -0.496 e. The standard InChI is InChI=1S/C23H30BrNO4/c1-15-12-25(13-16(2)29-15)9-10-27-19-7-8-20-22(11-19)28-14-21(23(20)26)17-3-5-18(24)6-4-17/h3-6,14-16,19-20,22H,7-13H2,1-2H3. The molecule has 1 aliphatic carbocycles. The minimum atomic E-state index is -0.0659. The smallest absolute Gasteiger partial charge is 0.173 e. The summed E-state index contributed by atoms with van der Waals surface area (Å²) in [5.41, 5.74) is 1.61. The highest BCUT2D eigenvalue weighted by Gasteiger charge is 2.40. The first kappa shape index (κ1) is 21.0. The Balaban J connectivity index is 1.28. The highest BCUT2D eigenvalue weighted by Crippen LogP contribution is 2.37. The van der Waals surface area contributed by atoms with Crippen molar-refractivity contribution in [3.63, 3.8) is 0 Å². The predicted molar refractivity (Wildman–Crippen MR) is 116 cm³/mol. The fourth-order valence-corrected chi connectivity index (χ4v) is 5.03. The van der Waals surface area contributed by atoms with Gasteiger partial charge in [0.15, 0.2) is 5.78 Å². The molecular weight excluding hydrogens is 434 g/mol. The summed E-state index contributed by atoms with van der Waals surface area (Å²) in [6.07, 6.45) is 4.85. The van der Waals surface area contributed by atoms with Crippen LogP contribution in [0.5, 0.6) is 0 Å². The molecule has 1 saturated heterocycles. The normalized spacial score (nSPS) is 33.0. The monoisotopic (exact) mass is 463 g/mol. The molecule has 5 unspecified atom stereocenters. The van der Waals surface area contributed by atoms with Crippen LogP contribution in [0.4, 0.5) is 0 Å². The Morgan fingerprint density at radius 3 is 2.59 bits per heavy atom. The molecule has 2 aliphatic heterocycles. The van der Waals surface area contributed by atoms with Gasteiger partial charge in [-0.2, -0.15) is 0 Å². The number of rotatable bonds is 5. The van der Waals surface area contributed by atoms with E-state index in [1.54, 1.807) is 6.26 Å². The molecule has 0 bridgehead atoms. The Kier molecular flexibility index (Phi) is 6.74. The highest BCUT2D eigenvalue weighted by atomic mass is 79.9.